The molecule has 0 aliphatic carbocycles. The maximum Gasteiger partial charge on any atom is 1.00 e. The topological polar surface area (TPSA) is 69.2 Å². The third kappa shape index (κ3) is 6.35. The van der Waals surface area contributed by atoms with Crippen molar-refractivity contribution in [3.05, 3.63) is 28.2 Å². The first-order valence-electron chi connectivity index (χ1n) is 2.89. The van der Waals surface area contributed by atoms with Crippen LogP contribution in [0.25, 0.3) is 0 Å². The van der Waals surface area contributed by atoms with Crippen molar-refractivity contribution in [3.63, 3.8) is 0 Å². The molecule has 0 saturated heterocycles. The van der Waals surface area contributed by atoms with E-state index in [-0.39, 0.29) is 113 Å². The van der Waals surface area contributed by atoms with E-state index >= 15 is 0 Å². The Hall–Kier alpha value is 3.38. The summed E-state index contributed by atoms with van der Waals surface area (Å²) in [6, 6.07) is 3.59. The van der Waals surface area contributed by atoms with Gasteiger partial charge in [0.05, 0.1) is 10.3 Å². The Kier molecular flexibility index (Phi) is 11.9. The second-order valence-corrected chi connectivity index (χ2v) is 4.41. The van der Waals surface area contributed by atoms with Gasteiger partial charge in [0.15, 0.2) is 0 Å². The van der Waals surface area contributed by atoms with Crippen molar-refractivity contribution in [2.45, 2.75) is 0 Å². The molecule has 0 heterocycles. The van der Waals surface area contributed by atoms with E-state index in [1.807, 2.05) is 0 Å². The molecule has 0 spiro atoms. The van der Waals surface area contributed by atoms with E-state index in [2.05, 4.69) is 0 Å². The first kappa shape index (κ1) is 19.7. The van der Waals surface area contributed by atoms with Crippen LogP contribution in [-0.2, 0) is 0 Å². The molecule has 0 bridgehead atoms. The molecule has 14 heavy (non-hydrogen) atoms. The molecular formula is C6H3Cl2K2O3P. The van der Waals surface area contributed by atoms with Gasteiger partial charge >= 0.3 is 103 Å². The second-order valence-electron chi connectivity index (χ2n) is 2.09. The van der Waals surface area contributed by atoms with Crippen LogP contribution < -0.4 is 123 Å². The van der Waals surface area contributed by atoms with Crippen molar-refractivity contribution in [2.24, 2.45) is 0 Å². The minimum absolute atomic E-state index is 0. The summed E-state index contributed by atoms with van der Waals surface area (Å²) in [7, 11) is -4.77. The fraction of sp³-hybridized carbons (Fsp3) is 0. The second kappa shape index (κ2) is 8.48. The zero-order valence-electron chi connectivity index (χ0n) is 7.66. The molecule has 0 aromatic heterocycles. The predicted molar refractivity (Wildman–Crippen MR) is 43.0 cm³/mol. The number of rotatable bonds is 1. The average Bonchev–Trinajstić information content (AvgIpc) is 1.83. The van der Waals surface area contributed by atoms with E-state index in [0.717, 1.165) is 6.07 Å². The summed E-state index contributed by atoms with van der Waals surface area (Å²) < 4.78 is 0. The van der Waals surface area contributed by atoms with Crippen LogP contribution in [0.1, 0.15) is 0 Å². The Morgan fingerprint density at radius 1 is 1.00 bits per heavy atom. The SMILES string of the molecule is [K+].[K+].[O-][P+]([O-])([O-])c1ccc(Cl)cc1Cl. The van der Waals surface area contributed by atoms with Crippen molar-refractivity contribution in [1.29, 1.82) is 0 Å². The maximum atomic E-state index is 10.5. The molecule has 8 heteroatoms. The Labute approximate surface area is 178 Å². The van der Waals surface area contributed by atoms with Crippen LogP contribution in [0.2, 0.25) is 10.0 Å². The first-order chi connectivity index (χ1) is 5.41. The Morgan fingerprint density at radius 2 is 1.50 bits per heavy atom. The molecule has 3 nitrogen and oxygen atoms in total. The van der Waals surface area contributed by atoms with Gasteiger partial charge in [-0.2, -0.15) is 0 Å². The van der Waals surface area contributed by atoms with Crippen LogP contribution in [0.15, 0.2) is 18.2 Å². The largest absolute Gasteiger partial charge is 1.00 e. The van der Waals surface area contributed by atoms with Crippen molar-refractivity contribution < 1.29 is 117 Å². The van der Waals surface area contributed by atoms with Crippen LogP contribution in [-0.4, -0.2) is 0 Å². The van der Waals surface area contributed by atoms with Crippen LogP contribution in [0, 0.1) is 0 Å². The minimum Gasteiger partial charge on any atom is -0.683 e. The van der Waals surface area contributed by atoms with Crippen molar-refractivity contribution >= 4 is 36.4 Å². The predicted octanol–water partition coefficient (Wildman–Crippen LogP) is -6.53. The average molecular weight is 303 g/mol. The van der Waals surface area contributed by atoms with Crippen LogP contribution in [0.3, 0.4) is 0 Å². The zero-order chi connectivity index (χ0) is 9.35. The van der Waals surface area contributed by atoms with Crippen LogP contribution >= 0.6 is 31.1 Å². The molecule has 0 unspecified atom stereocenters. The summed E-state index contributed by atoms with van der Waals surface area (Å²) >= 11 is 10.9. The summed E-state index contributed by atoms with van der Waals surface area (Å²) in [5.41, 5.74) is 0. The van der Waals surface area contributed by atoms with E-state index in [1.165, 1.54) is 12.1 Å². The molecular weight excluding hydrogens is 300 g/mol. The number of halogens is 2. The van der Waals surface area contributed by atoms with Gasteiger partial charge in [0, 0.05) is 5.02 Å². The van der Waals surface area contributed by atoms with Gasteiger partial charge in [0.25, 0.3) is 0 Å². The molecule has 0 saturated carbocycles. The van der Waals surface area contributed by atoms with Gasteiger partial charge < -0.3 is 14.7 Å². The summed E-state index contributed by atoms with van der Waals surface area (Å²) in [5.74, 6) is 0. The Bertz CT molecular complexity index is 306. The van der Waals surface area contributed by atoms with Gasteiger partial charge in [-0.3, -0.25) is 0 Å². The van der Waals surface area contributed by atoms with Crippen LogP contribution in [0.4, 0.5) is 0 Å². The van der Waals surface area contributed by atoms with E-state index in [4.69, 9.17) is 23.2 Å². The summed E-state index contributed by atoms with van der Waals surface area (Å²) in [6.45, 7) is 0. The molecule has 0 atom stereocenters. The van der Waals surface area contributed by atoms with E-state index in [9.17, 15) is 14.7 Å². The molecule has 0 N–H and O–H groups in total. The molecule has 0 aliphatic heterocycles. The van der Waals surface area contributed by atoms with Crippen molar-refractivity contribution in [2.75, 3.05) is 0 Å². The summed E-state index contributed by atoms with van der Waals surface area (Å²) in [4.78, 5) is 31.5. The normalized spacial score (nSPS) is 10.1. The van der Waals surface area contributed by atoms with E-state index in [1.54, 1.807) is 0 Å². The standard InChI is InChI=1S/C6H5Cl2O3P.2K/c7-4-1-2-6(5(8)3-4)12(9,10)11;;/h1-3H,(H2,9,10,11);;/q;2*+1/p-2. The van der Waals surface area contributed by atoms with E-state index in [0.29, 0.717) is 0 Å². The third-order valence-corrected chi connectivity index (χ3v) is 2.86. The van der Waals surface area contributed by atoms with Gasteiger partial charge in [0.1, 0.15) is 0 Å². The van der Waals surface area contributed by atoms with Crippen LogP contribution in [0.5, 0.6) is 0 Å². The Balaban J connectivity index is 0. The smallest absolute Gasteiger partial charge is 0.683 e. The minimum atomic E-state index is -4.77. The van der Waals surface area contributed by atoms with Gasteiger partial charge in [0.2, 0.25) is 0 Å². The molecule has 0 aliphatic rings. The van der Waals surface area contributed by atoms with E-state index < -0.39 is 13.2 Å². The maximum absolute atomic E-state index is 10.5. The Morgan fingerprint density at radius 3 is 1.86 bits per heavy atom. The molecule has 1 aromatic carbocycles. The van der Waals surface area contributed by atoms with Gasteiger partial charge in [-0.15, -0.1) is 7.94 Å². The quantitative estimate of drug-likeness (QED) is 0.383. The van der Waals surface area contributed by atoms with Gasteiger partial charge in [-0.25, -0.2) is 0 Å². The van der Waals surface area contributed by atoms with Crippen molar-refractivity contribution in [3.8, 4) is 0 Å². The zero-order valence-corrected chi connectivity index (χ0v) is 16.3. The molecule has 0 amide bonds. The number of hydrogen-bond donors (Lipinski definition) is 0. The number of hydrogen-bond acceptors (Lipinski definition) is 3. The number of benzene rings is 1. The van der Waals surface area contributed by atoms with Gasteiger partial charge in [-0.1, -0.05) is 23.2 Å². The fourth-order valence-corrected chi connectivity index (χ4v) is 2.01. The van der Waals surface area contributed by atoms with Gasteiger partial charge in [-0.05, 0) is 18.2 Å². The van der Waals surface area contributed by atoms with Crippen molar-refractivity contribution in [1.82, 2.24) is 0 Å². The molecule has 0 fully saturated rings. The summed E-state index contributed by atoms with van der Waals surface area (Å²) in [5, 5.41) is -0.276. The molecule has 66 valence electrons. The summed E-state index contributed by atoms with van der Waals surface area (Å²) in [6.07, 6.45) is 0. The third-order valence-electron chi connectivity index (χ3n) is 1.20. The first-order valence-corrected chi connectivity index (χ1v) is 5.19. The monoisotopic (exact) mass is 302 g/mol. The molecule has 1 rings (SSSR count). The fourth-order valence-electron chi connectivity index (χ4n) is 0.703. The molecule has 1 aromatic rings. The molecule has 0 radical (unpaired) electrons.